The van der Waals surface area contributed by atoms with Crippen LogP contribution in [-0.4, -0.2) is 37.0 Å². The maximum atomic E-state index is 12.5. The molecule has 0 unspecified atom stereocenters. The maximum absolute atomic E-state index is 12.5. The summed E-state index contributed by atoms with van der Waals surface area (Å²) in [6.45, 7) is 2.68. The zero-order valence-electron chi connectivity index (χ0n) is 13.8. The molecule has 0 aliphatic carbocycles. The highest BCUT2D eigenvalue weighted by atomic mass is 35.5. The van der Waals surface area contributed by atoms with Crippen LogP contribution in [0.1, 0.15) is 11.1 Å². The second-order valence-electron chi connectivity index (χ2n) is 6.06. The minimum absolute atomic E-state index is 0.111. The lowest BCUT2D eigenvalue weighted by Crippen LogP contribution is -2.49. The number of amides is 1. The fourth-order valence-electron chi connectivity index (χ4n) is 3.00. The highest BCUT2D eigenvalue weighted by molar-refractivity contribution is 6.30. The summed E-state index contributed by atoms with van der Waals surface area (Å²) >= 11 is 5.87. The lowest BCUT2D eigenvalue weighted by Gasteiger charge is -2.36. The number of nitrogens with zero attached hydrogens (tertiary/aromatic N) is 3. The summed E-state index contributed by atoms with van der Waals surface area (Å²) in [7, 11) is 0. The number of anilines is 2. The number of hydrogen-bond acceptors (Lipinski definition) is 4. The summed E-state index contributed by atoms with van der Waals surface area (Å²) in [5.41, 5.74) is 8.73. The van der Waals surface area contributed by atoms with E-state index in [1.165, 1.54) is 0 Å². The molecule has 128 valence electrons. The number of nitrogen functional groups attached to an aromatic ring is 1. The number of benzene rings is 2. The van der Waals surface area contributed by atoms with Crippen molar-refractivity contribution in [1.82, 2.24) is 4.90 Å². The number of rotatable bonds is 3. The third-order valence-corrected chi connectivity index (χ3v) is 4.63. The van der Waals surface area contributed by atoms with E-state index >= 15 is 0 Å². The first-order chi connectivity index (χ1) is 12.1. The molecule has 25 heavy (non-hydrogen) atoms. The van der Waals surface area contributed by atoms with E-state index in [1.807, 2.05) is 23.1 Å². The molecule has 5 nitrogen and oxygen atoms in total. The molecule has 0 aromatic heterocycles. The van der Waals surface area contributed by atoms with Crippen molar-refractivity contribution in [2.75, 3.05) is 36.8 Å². The highest BCUT2D eigenvalue weighted by Gasteiger charge is 2.22. The van der Waals surface area contributed by atoms with E-state index in [-0.39, 0.29) is 5.91 Å². The van der Waals surface area contributed by atoms with Crippen LogP contribution in [0.5, 0.6) is 0 Å². The smallest absolute Gasteiger partial charge is 0.227 e. The lowest BCUT2D eigenvalue weighted by molar-refractivity contribution is -0.130. The molecule has 0 saturated carbocycles. The first-order valence-electron chi connectivity index (χ1n) is 8.13. The summed E-state index contributed by atoms with van der Waals surface area (Å²) in [5, 5.41) is 9.96. The van der Waals surface area contributed by atoms with Crippen LogP contribution in [0.25, 0.3) is 0 Å². The molecule has 1 aliphatic heterocycles. The maximum Gasteiger partial charge on any atom is 0.227 e. The molecule has 1 heterocycles. The van der Waals surface area contributed by atoms with Crippen molar-refractivity contribution in [3.63, 3.8) is 0 Å². The van der Waals surface area contributed by atoms with Gasteiger partial charge >= 0.3 is 0 Å². The van der Waals surface area contributed by atoms with Gasteiger partial charge in [0.15, 0.2) is 0 Å². The number of halogens is 1. The SMILES string of the molecule is N#Cc1cc(N)ccc1N1CCN(C(=O)Cc2ccc(Cl)cc2)CC1. The molecule has 0 bridgehead atoms. The van der Waals surface area contributed by atoms with Crippen LogP contribution < -0.4 is 10.6 Å². The van der Waals surface area contributed by atoms with Gasteiger partial charge < -0.3 is 15.5 Å². The molecule has 0 radical (unpaired) electrons. The molecular weight excluding hydrogens is 336 g/mol. The van der Waals surface area contributed by atoms with Gasteiger partial charge in [-0.25, -0.2) is 0 Å². The van der Waals surface area contributed by atoms with Gasteiger partial charge in [-0.1, -0.05) is 23.7 Å². The van der Waals surface area contributed by atoms with E-state index < -0.39 is 0 Å². The lowest BCUT2D eigenvalue weighted by atomic mass is 10.1. The summed E-state index contributed by atoms with van der Waals surface area (Å²) in [4.78, 5) is 16.5. The van der Waals surface area contributed by atoms with Crippen molar-refractivity contribution in [2.45, 2.75) is 6.42 Å². The fourth-order valence-corrected chi connectivity index (χ4v) is 3.13. The van der Waals surface area contributed by atoms with E-state index in [4.69, 9.17) is 17.3 Å². The van der Waals surface area contributed by atoms with Crippen LogP contribution in [0.15, 0.2) is 42.5 Å². The first-order valence-corrected chi connectivity index (χ1v) is 8.51. The standard InChI is InChI=1S/C19H19ClN4O/c20-16-3-1-14(2-4-16)11-19(25)24-9-7-23(8-10-24)18-6-5-17(22)12-15(18)13-21/h1-6,12H,7-11,22H2. The molecule has 1 aliphatic rings. The molecule has 1 amide bonds. The number of carbonyl (C=O) groups is 1. The Morgan fingerprint density at radius 1 is 1.12 bits per heavy atom. The van der Waals surface area contributed by atoms with Crippen LogP contribution in [0.4, 0.5) is 11.4 Å². The van der Waals surface area contributed by atoms with Crippen LogP contribution in [0, 0.1) is 11.3 Å². The van der Waals surface area contributed by atoms with Crippen molar-refractivity contribution in [3.8, 4) is 6.07 Å². The average molecular weight is 355 g/mol. The van der Waals surface area contributed by atoms with Gasteiger partial charge in [-0.15, -0.1) is 0 Å². The van der Waals surface area contributed by atoms with Crippen LogP contribution >= 0.6 is 11.6 Å². The molecule has 0 atom stereocenters. The predicted molar refractivity (Wildman–Crippen MR) is 99.5 cm³/mol. The number of piperazine rings is 1. The fraction of sp³-hybridized carbons (Fsp3) is 0.263. The quantitative estimate of drug-likeness (QED) is 0.860. The molecular formula is C19H19ClN4O. The second kappa shape index (κ2) is 7.45. The monoisotopic (exact) mass is 354 g/mol. The Balaban J connectivity index is 1.61. The van der Waals surface area contributed by atoms with Crippen molar-refractivity contribution in [2.24, 2.45) is 0 Å². The molecule has 0 spiro atoms. The summed E-state index contributed by atoms with van der Waals surface area (Å²) in [6.07, 6.45) is 0.377. The van der Waals surface area contributed by atoms with E-state index in [0.29, 0.717) is 48.9 Å². The zero-order chi connectivity index (χ0) is 17.8. The third-order valence-electron chi connectivity index (χ3n) is 4.38. The minimum Gasteiger partial charge on any atom is -0.399 e. The van der Waals surface area contributed by atoms with Gasteiger partial charge in [0.25, 0.3) is 0 Å². The summed E-state index contributed by atoms with van der Waals surface area (Å²) < 4.78 is 0. The van der Waals surface area contributed by atoms with Gasteiger partial charge in [0.05, 0.1) is 17.7 Å². The number of hydrogen-bond donors (Lipinski definition) is 1. The molecule has 1 saturated heterocycles. The Bertz CT molecular complexity index is 805. The Kier molecular flexibility index (Phi) is 5.11. The Labute approximate surface area is 152 Å². The topological polar surface area (TPSA) is 73.4 Å². The Hall–Kier alpha value is -2.71. The van der Waals surface area contributed by atoms with Crippen LogP contribution in [0.3, 0.4) is 0 Å². The van der Waals surface area contributed by atoms with Crippen LogP contribution in [0.2, 0.25) is 5.02 Å². The van der Waals surface area contributed by atoms with Crippen molar-refractivity contribution in [1.29, 1.82) is 5.26 Å². The van der Waals surface area contributed by atoms with E-state index in [2.05, 4.69) is 11.0 Å². The number of carbonyl (C=O) groups excluding carboxylic acids is 1. The third kappa shape index (κ3) is 4.04. The summed E-state index contributed by atoms with van der Waals surface area (Å²) in [5.74, 6) is 0.111. The molecule has 2 N–H and O–H groups in total. The van der Waals surface area contributed by atoms with Gasteiger partial charge in [-0.05, 0) is 35.9 Å². The van der Waals surface area contributed by atoms with Gasteiger partial charge in [-0.2, -0.15) is 5.26 Å². The van der Waals surface area contributed by atoms with Crippen molar-refractivity contribution >= 4 is 28.9 Å². The highest BCUT2D eigenvalue weighted by Crippen LogP contribution is 2.24. The molecule has 1 fully saturated rings. The largest absolute Gasteiger partial charge is 0.399 e. The van der Waals surface area contributed by atoms with Gasteiger partial charge in [-0.3, -0.25) is 4.79 Å². The Morgan fingerprint density at radius 2 is 1.80 bits per heavy atom. The normalized spacial score (nSPS) is 14.2. The number of nitrogens with two attached hydrogens (primary N) is 1. The minimum atomic E-state index is 0.111. The first kappa shape index (κ1) is 17.1. The van der Waals surface area contributed by atoms with Gasteiger partial charge in [0.1, 0.15) is 6.07 Å². The van der Waals surface area contributed by atoms with Crippen molar-refractivity contribution in [3.05, 3.63) is 58.6 Å². The van der Waals surface area contributed by atoms with Gasteiger partial charge in [0.2, 0.25) is 5.91 Å². The second-order valence-corrected chi connectivity index (χ2v) is 6.50. The van der Waals surface area contributed by atoms with Gasteiger partial charge in [0, 0.05) is 36.9 Å². The molecule has 2 aromatic carbocycles. The molecule has 3 rings (SSSR count). The van der Waals surface area contributed by atoms with Crippen molar-refractivity contribution < 1.29 is 4.79 Å². The van der Waals surface area contributed by atoms with E-state index in [9.17, 15) is 10.1 Å². The molecule has 2 aromatic rings. The Morgan fingerprint density at radius 3 is 2.44 bits per heavy atom. The summed E-state index contributed by atoms with van der Waals surface area (Å²) in [6, 6.07) is 14.9. The van der Waals surface area contributed by atoms with Crippen LogP contribution in [-0.2, 0) is 11.2 Å². The average Bonchev–Trinajstić information content (AvgIpc) is 2.63. The van der Waals surface area contributed by atoms with E-state index in [1.54, 1.807) is 24.3 Å². The number of nitriles is 1. The zero-order valence-corrected chi connectivity index (χ0v) is 14.5. The van der Waals surface area contributed by atoms with E-state index in [0.717, 1.165) is 11.3 Å². The molecule has 6 heteroatoms. The predicted octanol–water partition coefficient (Wildman–Crippen LogP) is 2.69.